The van der Waals surface area contributed by atoms with E-state index in [2.05, 4.69) is 11.1 Å². The number of aliphatic hydroxyl groups excluding tert-OH is 1. The second kappa shape index (κ2) is 8.58. The Kier molecular flexibility index (Phi) is 6.16. The fourth-order valence-electron chi connectivity index (χ4n) is 3.37. The average Bonchev–Trinajstić information content (AvgIpc) is 3.03. The van der Waals surface area contributed by atoms with Crippen molar-refractivity contribution in [2.24, 2.45) is 5.73 Å². The van der Waals surface area contributed by atoms with E-state index in [9.17, 15) is 14.5 Å². The van der Waals surface area contributed by atoms with Gasteiger partial charge in [-0.25, -0.2) is 0 Å². The van der Waals surface area contributed by atoms with Gasteiger partial charge in [-0.05, 0) is 54.4 Å². The first-order valence-corrected chi connectivity index (χ1v) is 9.59. The van der Waals surface area contributed by atoms with Crippen molar-refractivity contribution in [3.05, 3.63) is 82.9 Å². The van der Waals surface area contributed by atoms with E-state index in [-0.39, 0.29) is 5.91 Å². The predicted octanol–water partition coefficient (Wildman–Crippen LogP) is 4.45. The molecule has 0 aliphatic heterocycles. The van der Waals surface area contributed by atoms with Gasteiger partial charge in [0.25, 0.3) is 5.91 Å². The Labute approximate surface area is 168 Å². The van der Waals surface area contributed by atoms with Crippen LogP contribution < -0.4 is 11.1 Å². The van der Waals surface area contributed by atoms with Gasteiger partial charge in [-0.15, -0.1) is 0 Å². The number of benzene rings is 3. The van der Waals surface area contributed by atoms with Crippen molar-refractivity contribution in [1.29, 1.82) is 0 Å². The Balaban J connectivity index is 0.00000109. The first kappa shape index (κ1) is 20.1. The first-order chi connectivity index (χ1) is 13.6. The third-order valence-electron chi connectivity index (χ3n) is 4.71. The smallest absolute Gasteiger partial charge is 0.255 e. The highest BCUT2D eigenvalue weighted by Crippen LogP contribution is 2.46. The number of rotatable bonds is 3. The summed E-state index contributed by atoms with van der Waals surface area (Å²) in [6.45, 7) is 1.88. The molecule has 1 atom stereocenters. The van der Waals surface area contributed by atoms with E-state index in [0.717, 1.165) is 27.8 Å². The Hall–Kier alpha value is -2.64. The third-order valence-corrected chi connectivity index (χ3v) is 5.35. The van der Waals surface area contributed by atoms with Gasteiger partial charge >= 0.3 is 0 Å². The summed E-state index contributed by atoms with van der Waals surface area (Å²) in [5, 5.41) is 13.5. The Morgan fingerprint density at radius 3 is 2.50 bits per heavy atom. The van der Waals surface area contributed by atoms with E-state index in [1.54, 1.807) is 12.1 Å². The molecule has 1 unspecified atom stereocenters. The molecule has 28 heavy (non-hydrogen) atoms. The minimum Gasteiger partial charge on any atom is -0.384 e. The number of nitrogens with two attached hydrogens (primary N) is 1. The quantitative estimate of drug-likeness (QED) is 0.492. The van der Waals surface area contributed by atoms with Crippen LogP contribution in [0.2, 0.25) is 0 Å². The van der Waals surface area contributed by atoms with Gasteiger partial charge < -0.3 is 20.7 Å². The molecule has 144 valence electrons. The fraction of sp³-hybridized carbons (Fsp3) is 0.136. The van der Waals surface area contributed by atoms with Gasteiger partial charge in [0.15, 0.2) is 0 Å². The summed E-state index contributed by atoms with van der Waals surface area (Å²) in [5.41, 5.74) is 9.96. The number of carbonyl (C=O) groups is 1. The molecule has 0 radical (unpaired) electrons. The lowest BCUT2D eigenvalue weighted by atomic mass is 10.0. The summed E-state index contributed by atoms with van der Waals surface area (Å²) < 4.78 is 9.34. The van der Waals surface area contributed by atoms with Crippen molar-refractivity contribution in [2.45, 2.75) is 17.9 Å². The summed E-state index contributed by atoms with van der Waals surface area (Å²) in [6.07, 6.45) is -0.685. The Morgan fingerprint density at radius 2 is 1.75 bits per heavy atom. The summed E-state index contributed by atoms with van der Waals surface area (Å²) in [4.78, 5) is 13.4. The Bertz CT molecular complexity index is 1020. The van der Waals surface area contributed by atoms with Crippen LogP contribution in [0.5, 0.6) is 0 Å². The number of amides is 1. The van der Waals surface area contributed by atoms with Crippen LogP contribution >= 0.6 is 12.0 Å². The molecule has 0 aromatic heterocycles. The van der Waals surface area contributed by atoms with Crippen LogP contribution in [0, 0.1) is 6.92 Å². The minimum atomic E-state index is -0.685. The number of hydrogen-bond acceptors (Lipinski definition) is 5. The number of aliphatic hydroxyl groups is 1. The number of carbonyl (C=O) groups excluding carboxylic acids is 1. The van der Waals surface area contributed by atoms with Crippen molar-refractivity contribution in [3.63, 3.8) is 0 Å². The predicted molar refractivity (Wildman–Crippen MR) is 114 cm³/mol. The number of nitrogens with one attached hydrogen (secondary N) is 1. The molecule has 0 heterocycles. The second-order valence-electron chi connectivity index (χ2n) is 6.29. The third kappa shape index (κ3) is 3.55. The monoisotopic (exact) mass is 394 g/mol. The molecule has 1 aliphatic carbocycles. The van der Waals surface area contributed by atoms with Gasteiger partial charge in [-0.1, -0.05) is 42.5 Å². The van der Waals surface area contributed by atoms with Gasteiger partial charge in [0.2, 0.25) is 0 Å². The lowest BCUT2D eigenvalue weighted by Gasteiger charge is -2.12. The van der Waals surface area contributed by atoms with Crippen LogP contribution in [0.25, 0.3) is 11.1 Å². The summed E-state index contributed by atoms with van der Waals surface area (Å²) in [5.74, 6) is -0.257. The van der Waals surface area contributed by atoms with Crippen molar-refractivity contribution in [1.82, 2.24) is 0 Å². The molecule has 1 amide bonds. The van der Waals surface area contributed by atoms with Crippen molar-refractivity contribution in [2.75, 3.05) is 12.4 Å². The number of aryl methyl sites for hydroxylation is 1. The van der Waals surface area contributed by atoms with Gasteiger partial charge in [0.05, 0.1) is 0 Å². The summed E-state index contributed by atoms with van der Waals surface area (Å²) in [6, 6.07) is 18.4. The summed E-state index contributed by atoms with van der Waals surface area (Å²) >= 11 is 0.631. The number of anilines is 1. The van der Waals surface area contributed by atoms with Crippen LogP contribution in [0.15, 0.2) is 65.6 Å². The molecule has 0 fully saturated rings. The number of fused-ring (bicyclic) bond motifs is 3. The van der Waals surface area contributed by atoms with E-state index in [0.29, 0.717) is 28.2 Å². The SMILES string of the molecule is CN.Cc1ccc(C(=O)Nc2cccc3c2-c2ccccc2C3O)cc1SO. The fourth-order valence-corrected chi connectivity index (χ4v) is 3.76. The van der Waals surface area contributed by atoms with E-state index < -0.39 is 6.10 Å². The molecule has 5 nitrogen and oxygen atoms in total. The van der Waals surface area contributed by atoms with E-state index in [1.807, 2.05) is 55.5 Å². The second-order valence-corrected chi connectivity index (χ2v) is 6.91. The molecular formula is C22H22N2O3S. The lowest BCUT2D eigenvalue weighted by Crippen LogP contribution is -2.13. The average molecular weight is 394 g/mol. The highest BCUT2D eigenvalue weighted by molar-refractivity contribution is 7.93. The normalized spacial score (nSPS) is 13.8. The molecule has 0 saturated carbocycles. The van der Waals surface area contributed by atoms with Gasteiger partial charge in [0.1, 0.15) is 6.10 Å². The van der Waals surface area contributed by atoms with E-state index in [1.165, 1.54) is 7.05 Å². The molecule has 3 aromatic rings. The molecule has 1 aliphatic rings. The largest absolute Gasteiger partial charge is 0.384 e. The van der Waals surface area contributed by atoms with Gasteiger partial charge in [-0.3, -0.25) is 4.79 Å². The maximum absolute atomic E-state index is 12.7. The van der Waals surface area contributed by atoms with Gasteiger partial charge in [-0.2, -0.15) is 0 Å². The van der Waals surface area contributed by atoms with E-state index >= 15 is 0 Å². The standard InChI is InChI=1S/C21H17NO3S.CH5N/c1-12-9-10-13(11-18(12)26-25)21(24)22-17-8-4-7-16-19(17)14-5-2-3-6-15(14)20(16)23;1-2/h2-11,20,23,25H,1H3,(H,22,24);2H2,1H3. The van der Waals surface area contributed by atoms with Crippen molar-refractivity contribution in [3.8, 4) is 11.1 Å². The molecular weight excluding hydrogens is 372 g/mol. The molecule has 4 rings (SSSR count). The zero-order valence-corrected chi connectivity index (χ0v) is 16.5. The summed E-state index contributed by atoms with van der Waals surface area (Å²) in [7, 11) is 1.50. The highest BCUT2D eigenvalue weighted by Gasteiger charge is 2.29. The van der Waals surface area contributed by atoms with Crippen LogP contribution in [0.3, 0.4) is 0 Å². The molecule has 3 aromatic carbocycles. The molecule has 6 heteroatoms. The maximum atomic E-state index is 12.7. The van der Waals surface area contributed by atoms with E-state index in [4.69, 9.17) is 0 Å². The molecule has 0 bridgehead atoms. The van der Waals surface area contributed by atoms with Crippen LogP contribution in [0.4, 0.5) is 5.69 Å². The number of hydrogen-bond donors (Lipinski definition) is 4. The lowest BCUT2D eigenvalue weighted by molar-refractivity contribution is 0.102. The first-order valence-electron chi connectivity index (χ1n) is 8.81. The maximum Gasteiger partial charge on any atom is 0.255 e. The minimum absolute atomic E-state index is 0.257. The Morgan fingerprint density at radius 1 is 1.04 bits per heavy atom. The molecule has 0 saturated heterocycles. The van der Waals surface area contributed by atoms with Crippen molar-refractivity contribution >= 4 is 23.6 Å². The topological polar surface area (TPSA) is 95.6 Å². The molecule has 5 N–H and O–H groups in total. The zero-order chi connectivity index (χ0) is 20.3. The van der Waals surface area contributed by atoms with Crippen molar-refractivity contribution < 1.29 is 14.5 Å². The zero-order valence-electron chi connectivity index (χ0n) is 15.6. The van der Waals surface area contributed by atoms with Gasteiger partial charge in [0, 0.05) is 33.8 Å². The van der Waals surface area contributed by atoms with Crippen LogP contribution in [0.1, 0.15) is 33.2 Å². The van der Waals surface area contributed by atoms with Crippen LogP contribution in [-0.4, -0.2) is 22.6 Å². The molecule has 0 spiro atoms. The van der Waals surface area contributed by atoms with Crippen LogP contribution in [-0.2, 0) is 0 Å². The highest BCUT2D eigenvalue weighted by atomic mass is 32.2.